The van der Waals surface area contributed by atoms with Gasteiger partial charge in [0.1, 0.15) is 5.76 Å². The second-order valence-corrected chi connectivity index (χ2v) is 8.32. The lowest BCUT2D eigenvalue weighted by molar-refractivity contribution is 0.0739. The molecule has 132 valence electrons. The SMILES string of the molecule is O=C(NCC1(Sc2ccccc2)CCOCC1)c1cc(C2CC2)on1. The van der Waals surface area contributed by atoms with Crippen molar-refractivity contribution in [2.45, 2.75) is 41.2 Å². The maximum atomic E-state index is 12.5. The lowest BCUT2D eigenvalue weighted by Gasteiger charge is -2.36. The molecule has 0 radical (unpaired) electrons. The van der Waals surface area contributed by atoms with Gasteiger partial charge in [-0.1, -0.05) is 23.4 Å². The molecule has 1 amide bonds. The van der Waals surface area contributed by atoms with Gasteiger partial charge in [-0.25, -0.2) is 0 Å². The average Bonchev–Trinajstić information content (AvgIpc) is 3.38. The summed E-state index contributed by atoms with van der Waals surface area (Å²) in [6, 6.07) is 12.1. The predicted octanol–water partition coefficient (Wildman–Crippen LogP) is 3.62. The molecule has 0 spiro atoms. The molecule has 2 aromatic rings. The Bertz CT molecular complexity index is 721. The van der Waals surface area contributed by atoms with Crippen LogP contribution in [-0.4, -0.2) is 35.6 Å². The fourth-order valence-corrected chi connectivity index (χ4v) is 4.39. The van der Waals surface area contributed by atoms with E-state index in [0.717, 1.165) is 44.7 Å². The van der Waals surface area contributed by atoms with E-state index in [1.807, 2.05) is 30.0 Å². The number of nitrogens with one attached hydrogen (secondary N) is 1. The fraction of sp³-hybridized carbons (Fsp3) is 0.474. The Kier molecular flexibility index (Phi) is 4.81. The number of thioether (sulfide) groups is 1. The van der Waals surface area contributed by atoms with E-state index in [1.54, 1.807) is 6.07 Å². The third kappa shape index (κ3) is 4.07. The van der Waals surface area contributed by atoms with Gasteiger partial charge < -0.3 is 14.6 Å². The summed E-state index contributed by atoms with van der Waals surface area (Å²) in [7, 11) is 0. The summed E-state index contributed by atoms with van der Waals surface area (Å²) in [5.74, 6) is 1.14. The summed E-state index contributed by atoms with van der Waals surface area (Å²) in [4.78, 5) is 13.7. The number of hydrogen-bond acceptors (Lipinski definition) is 5. The van der Waals surface area contributed by atoms with E-state index in [1.165, 1.54) is 4.90 Å². The molecule has 4 rings (SSSR count). The largest absolute Gasteiger partial charge is 0.381 e. The molecule has 2 fully saturated rings. The van der Waals surface area contributed by atoms with E-state index < -0.39 is 0 Å². The number of benzene rings is 1. The zero-order valence-corrected chi connectivity index (χ0v) is 14.9. The Balaban J connectivity index is 1.42. The van der Waals surface area contributed by atoms with Gasteiger partial charge in [-0.15, -0.1) is 11.8 Å². The highest BCUT2D eigenvalue weighted by atomic mass is 32.2. The number of carbonyl (C=O) groups is 1. The highest BCUT2D eigenvalue weighted by molar-refractivity contribution is 8.00. The summed E-state index contributed by atoms with van der Waals surface area (Å²) in [5.41, 5.74) is 0.383. The van der Waals surface area contributed by atoms with Crippen molar-refractivity contribution in [1.82, 2.24) is 10.5 Å². The molecule has 1 saturated heterocycles. The van der Waals surface area contributed by atoms with Crippen LogP contribution in [0.4, 0.5) is 0 Å². The summed E-state index contributed by atoms with van der Waals surface area (Å²) >= 11 is 1.83. The highest BCUT2D eigenvalue weighted by Crippen LogP contribution is 2.41. The van der Waals surface area contributed by atoms with E-state index in [9.17, 15) is 4.79 Å². The molecule has 1 aromatic carbocycles. The monoisotopic (exact) mass is 358 g/mol. The van der Waals surface area contributed by atoms with Gasteiger partial charge in [0.2, 0.25) is 0 Å². The lowest BCUT2D eigenvalue weighted by atomic mass is 9.99. The molecular weight excluding hydrogens is 336 g/mol. The highest BCUT2D eigenvalue weighted by Gasteiger charge is 2.35. The van der Waals surface area contributed by atoms with Crippen molar-refractivity contribution in [2.75, 3.05) is 19.8 Å². The van der Waals surface area contributed by atoms with Crippen LogP contribution >= 0.6 is 11.8 Å². The minimum atomic E-state index is -0.157. The topological polar surface area (TPSA) is 64.4 Å². The van der Waals surface area contributed by atoms with Gasteiger partial charge in [0.05, 0.1) is 0 Å². The van der Waals surface area contributed by atoms with Gasteiger partial charge in [0.25, 0.3) is 5.91 Å². The van der Waals surface area contributed by atoms with Crippen LogP contribution in [0.15, 0.2) is 45.8 Å². The van der Waals surface area contributed by atoms with Gasteiger partial charge in [-0.3, -0.25) is 4.79 Å². The summed E-state index contributed by atoms with van der Waals surface area (Å²) in [6.45, 7) is 2.05. The third-order valence-electron chi connectivity index (χ3n) is 4.79. The van der Waals surface area contributed by atoms with E-state index in [-0.39, 0.29) is 10.7 Å². The van der Waals surface area contributed by atoms with Gasteiger partial charge >= 0.3 is 0 Å². The molecular formula is C19H22N2O3S. The zero-order valence-electron chi connectivity index (χ0n) is 14.1. The van der Waals surface area contributed by atoms with Crippen LogP contribution in [0, 0.1) is 0 Å². The van der Waals surface area contributed by atoms with Crippen LogP contribution in [0.5, 0.6) is 0 Å². The molecule has 25 heavy (non-hydrogen) atoms. The van der Waals surface area contributed by atoms with Gasteiger partial charge in [-0.05, 0) is 37.8 Å². The van der Waals surface area contributed by atoms with E-state index in [0.29, 0.717) is 18.2 Å². The Hall–Kier alpha value is -1.79. The first kappa shape index (κ1) is 16.7. The van der Waals surface area contributed by atoms with Crippen molar-refractivity contribution in [1.29, 1.82) is 0 Å². The van der Waals surface area contributed by atoms with Crippen molar-refractivity contribution < 1.29 is 14.1 Å². The molecule has 1 aliphatic heterocycles. The molecule has 6 heteroatoms. The van der Waals surface area contributed by atoms with Crippen LogP contribution in [0.2, 0.25) is 0 Å². The smallest absolute Gasteiger partial charge is 0.273 e. The predicted molar refractivity (Wildman–Crippen MR) is 95.9 cm³/mol. The maximum absolute atomic E-state index is 12.5. The number of carbonyl (C=O) groups excluding carboxylic acids is 1. The number of rotatable bonds is 6. The maximum Gasteiger partial charge on any atom is 0.273 e. The van der Waals surface area contributed by atoms with Gasteiger partial charge in [-0.2, -0.15) is 0 Å². The van der Waals surface area contributed by atoms with Crippen LogP contribution in [0.3, 0.4) is 0 Å². The van der Waals surface area contributed by atoms with Crippen molar-refractivity contribution in [2.24, 2.45) is 0 Å². The van der Waals surface area contributed by atoms with E-state index >= 15 is 0 Å². The van der Waals surface area contributed by atoms with Crippen molar-refractivity contribution in [3.8, 4) is 0 Å². The second-order valence-electron chi connectivity index (χ2n) is 6.78. The number of aromatic nitrogens is 1. The second kappa shape index (κ2) is 7.22. The summed E-state index contributed by atoms with van der Waals surface area (Å²) in [6.07, 6.45) is 4.10. The summed E-state index contributed by atoms with van der Waals surface area (Å²) < 4.78 is 10.8. The molecule has 1 aliphatic carbocycles. The van der Waals surface area contributed by atoms with Gasteiger partial charge in [0, 0.05) is 41.4 Å². The molecule has 0 atom stereocenters. The number of ether oxygens (including phenoxy) is 1. The quantitative estimate of drug-likeness (QED) is 0.854. The zero-order chi connectivity index (χ0) is 17.1. The fourth-order valence-electron chi connectivity index (χ4n) is 3.09. The lowest BCUT2D eigenvalue weighted by Crippen LogP contribution is -2.44. The first-order valence-corrected chi connectivity index (χ1v) is 9.62. The first-order valence-electron chi connectivity index (χ1n) is 8.81. The molecule has 0 bridgehead atoms. The molecule has 1 N–H and O–H groups in total. The Morgan fingerprint density at radius 1 is 1.24 bits per heavy atom. The van der Waals surface area contributed by atoms with Crippen molar-refractivity contribution in [3.05, 3.63) is 47.9 Å². The van der Waals surface area contributed by atoms with E-state index in [2.05, 4.69) is 22.6 Å². The molecule has 1 saturated carbocycles. The Morgan fingerprint density at radius 2 is 2.00 bits per heavy atom. The summed E-state index contributed by atoms with van der Waals surface area (Å²) in [5, 5.41) is 6.99. The van der Waals surface area contributed by atoms with Gasteiger partial charge in [0.15, 0.2) is 5.69 Å². The average molecular weight is 358 g/mol. The van der Waals surface area contributed by atoms with Crippen LogP contribution in [-0.2, 0) is 4.74 Å². The molecule has 2 aliphatic rings. The van der Waals surface area contributed by atoms with E-state index in [4.69, 9.17) is 9.26 Å². The standard InChI is InChI=1S/C19H22N2O3S/c22-18(16-12-17(24-21-16)14-6-7-14)20-13-19(8-10-23-11-9-19)25-15-4-2-1-3-5-15/h1-5,12,14H,6-11,13H2,(H,20,22). The minimum absolute atomic E-state index is 0.0433. The number of hydrogen-bond donors (Lipinski definition) is 1. The third-order valence-corrected chi connectivity index (χ3v) is 6.29. The molecule has 5 nitrogen and oxygen atoms in total. The normalized spacial score (nSPS) is 19.5. The molecule has 1 aromatic heterocycles. The molecule has 2 heterocycles. The van der Waals surface area contributed by atoms with Crippen molar-refractivity contribution in [3.63, 3.8) is 0 Å². The van der Waals surface area contributed by atoms with Crippen molar-refractivity contribution >= 4 is 17.7 Å². The van der Waals surface area contributed by atoms with Crippen LogP contribution in [0.1, 0.15) is 47.8 Å². The number of nitrogens with zero attached hydrogens (tertiary/aromatic N) is 1. The Morgan fingerprint density at radius 3 is 2.72 bits per heavy atom. The molecule has 0 unspecified atom stereocenters. The minimum Gasteiger partial charge on any atom is -0.381 e. The van der Waals surface area contributed by atoms with Crippen LogP contribution < -0.4 is 5.32 Å². The van der Waals surface area contributed by atoms with Crippen LogP contribution in [0.25, 0.3) is 0 Å². The number of amides is 1. The first-order chi connectivity index (χ1) is 12.2. The Labute approximate surface area is 151 Å².